The van der Waals surface area contributed by atoms with Gasteiger partial charge in [-0.2, -0.15) is 0 Å². The topological polar surface area (TPSA) is 38.3 Å². The summed E-state index contributed by atoms with van der Waals surface area (Å²) in [5.74, 6) is 0.133. The molecule has 1 N–H and O–H groups in total. The van der Waals surface area contributed by atoms with Crippen molar-refractivity contribution in [3.63, 3.8) is 0 Å². The van der Waals surface area contributed by atoms with Crippen molar-refractivity contribution >= 4 is 17.4 Å². The van der Waals surface area contributed by atoms with Gasteiger partial charge in [-0.1, -0.05) is 0 Å². The van der Waals surface area contributed by atoms with Crippen LogP contribution < -0.4 is 5.32 Å². The number of nitrogens with one attached hydrogen (secondary N) is 1. The minimum atomic E-state index is -0.123. The van der Waals surface area contributed by atoms with E-state index in [0.717, 1.165) is 0 Å². The highest BCUT2D eigenvalue weighted by Gasteiger charge is 2.44. The summed E-state index contributed by atoms with van der Waals surface area (Å²) < 4.78 is 5.16. The number of hydrogen-bond acceptors (Lipinski definition) is 3. The number of ether oxygens (including phenoxy) is 1. The molecule has 2 saturated heterocycles. The van der Waals surface area contributed by atoms with Crippen molar-refractivity contribution in [2.45, 2.75) is 17.5 Å². The highest BCUT2D eigenvalue weighted by Crippen LogP contribution is 2.22. The molecule has 0 spiro atoms. The molecule has 0 aliphatic carbocycles. The Bertz CT molecular complexity index is 173. The summed E-state index contributed by atoms with van der Waals surface area (Å²) in [6.07, 6.45) is -0.0748. The largest absolute Gasteiger partial charge is 0.367 e. The molecule has 2 rings (SSSR count). The van der Waals surface area contributed by atoms with Crippen molar-refractivity contribution in [3.05, 3.63) is 0 Å². The lowest BCUT2D eigenvalue weighted by atomic mass is 10.1. The van der Waals surface area contributed by atoms with Crippen LogP contribution in [0.2, 0.25) is 0 Å². The van der Waals surface area contributed by atoms with Crippen LogP contribution in [0.5, 0.6) is 0 Å². The second-order valence-electron chi connectivity index (χ2n) is 2.64. The van der Waals surface area contributed by atoms with Crippen LogP contribution in [0.15, 0.2) is 0 Å². The number of carbonyl (C=O) groups is 1. The molecule has 0 aromatic rings. The minimum absolute atomic E-state index is 0.0311. The Morgan fingerprint density at radius 3 is 3.20 bits per heavy atom. The Morgan fingerprint density at radius 2 is 2.50 bits per heavy atom. The van der Waals surface area contributed by atoms with Gasteiger partial charge >= 0.3 is 0 Å². The summed E-state index contributed by atoms with van der Waals surface area (Å²) in [7, 11) is 0. The van der Waals surface area contributed by atoms with Gasteiger partial charge in [0, 0.05) is 6.54 Å². The monoisotopic (exact) mass is 161 g/mol. The maximum Gasteiger partial charge on any atom is 0.178 e. The van der Waals surface area contributed by atoms with Gasteiger partial charge in [-0.25, -0.2) is 0 Å². The fourth-order valence-corrected chi connectivity index (χ4v) is 1.75. The normalized spacial score (nSPS) is 46.1. The smallest absolute Gasteiger partial charge is 0.178 e. The first-order chi connectivity index (χ1) is 4.79. The predicted molar refractivity (Wildman–Crippen MR) is 36.2 cm³/mol. The minimum Gasteiger partial charge on any atom is -0.367 e. The molecule has 0 unspecified atom stereocenters. The average molecular weight is 162 g/mol. The fraction of sp³-hybridized carbons (Fsp3) is 0.833. The third-order valence-electron chi connectivity index (χ3n) is 1.98. The molecular weight excluding hydrogens is 154 g/mol. The molecule has 2 heterocycles. The Labute approximate surface area is 63.7 Å². The molecular formula is C6H8ClNO2. The fourth-order valence-electron chi connectivity index (χ4n) is 1.45. The van der Waals surface area contributed by atoms with Crippen molar-refractivity contribution in [1.82, 2.24) is 5.32 Å². The van der Waals surface area contributed by atoms with Crippen molar-refractivity contribution in [3.8, 4) is 0 Å². The van der Waals surface area contributed by atoms with Gasteiger partial charge in [0.2, 0.25) is 0 Å². The van der Waals surface area contributed by atoms with E-state index >= 15 is 0 Å². The number of Topliss-reactive ketones (excluding diaryl/α,β-unsaturated/α-hetero) is 1. The van der Waals surface area contributed by atoms with E-state index in [9.17, 15) is 4.79 Å². The van der Waals surface area contributed by atoms with E-state index < -0.39 is 0 Å². The maximum atomic E-state index is 11.0. The molecule has 0 radical (unpaired) electrons. The maximum absolute atomic E-state index is 11.0. The van der Waals surface area contributed by atoms with Gasteiger partial charge in [0.05, 0.1) is 17.5 Å². The second kappa shape index (κ2) is 2.19. The van der Waals surface area contributed by atoms with Crippen LogP contribution in [0.1, 0.15) is 0 Å². The van der Waals surface area contributed by atoms with E-state index in [1.54, 1.807) is 0 Å². The molecule has 0 amide bonds. The molecule has 2 aliphatic rings. The highest BCUT2D eigenvalue weighted by molar-refractivity contribution is 6.22. The third-order valence-corrected chi connectivity index (χ3v) is 2.39. The molecule has 0 bridgehead atoms. The zero-order valence-corrected chi connectivity index (χ0v) is 6.10. The summed E-state index contributed by atoms with van der Waals surface area (Å²) in [5, 5.41) is 2.98. The molecule has 2 fully saturated rings. The van der Waals surface area contributed by atoms with Crippen LogP contribution in [0.3, 0.4) is 0 Å². The van der Waals surface area contributed by atoms with Gasteiger partial charge in [-0.15, -0.1) is 11.6 Å². The van der Waals surface area contributed by atoms with Crippen LogP contribution in [0.25, 0.3) is 0 Å². The third kappa shape index (κ3) is 0.779. The van der Waals surface area contributed by atoms with Gasteiger partial charge in [-0.05, 0) is 0 Å². The van der Waals surface area contributed by atoms with Crippen LogP contribution in [0, 0.1) is 0 Å². The first-order valence-electron chi connectivity index (χ1n) is 3.31. The SMILES string of the molecule is O=C1CO[C@H]2[C@@H]1NC[C@@H]2Cl. The van der Waals surface area contributed by atoms with E-state index in [1.165, 1.54) is 0 Å². The molecule has 4 heteroatoms. The number of rotatable bonds is 0. The summed E-state index contributed by atoms with van der Waals surface area (Å²) in [6.45, 7) is 0.911. The summed E-state index contributed by atoms with van der Waals surface area (Å²) in [6, 6.07) is -0.123. The standard InChI is InChI=1S/C6H8ClNO2/c7-3-1-8-5-4(9)2-10-6(3)5/h3,5-6,8H,1-2H2/t3-,5+,6+/m0/s1. The lowest BCUT2D eigenvalue weighted by Crippen LogP contribution is -2.33. The van der Waals surface area contributed by atoms with Crippen molar-refractivity contribution in [2.75, 3.05) is 13.2 Å². The van der Waals surface area contributed by atoms with E-state index in [-0.39, 0.29) is 29.9 Å². The number of ketones is 1. The molecule has 3 atom stereocenters. The van der Waals surface area contributed by atoms with E-state index in [4.69, 9.17) is 16.3 Å². The first kappa shape index (κ1) is 6.58. The zero-order valence-electron chi connectivity index (χ0n) is 5.34. The molecule has 56 valence electrons. The van der Waals surface area contributed by atoms with E-state index in [1.807, 2.05) is 0 Å². The van der Waals surface area contributed by atoms with Crippen LogP contribution >= 0.6 is 11.6 Å². The van der Waals surface area contributed by atoms with Crippen molar-refractivity contribution < 1.29 is 9.53 Å². The summed E-state index contributed by atoms with van der Waals surface area (Å²) in [5.41, 5.74) is 0. The van der Waals surface area contributed by atoms with Crippen LogP contribution in [-0.2, 0) is 9.53 Å². The predicted octanol–water partition coefficient (Wildman–Crippen LogP) is -0.466. The summed E-state index contributed by atoms with van der Waals surface area (Å²) in [4.78, 5) is 11.0. The Hall–Kier alpha value is -0.120. The summed E-state index contributed by atoms with van der Waals surface area (Å²) >= 11 is 5.84. The quantitative estimate of drug-likeness (QED) is 0.489. The molecule has 0 aromatic carbocycles. The first-order valence-corrected chi connectivity index (χ1v) is 3.74. The Kier molecular flexibility index (Phi) is 1.44. The van der Waals surface area contributed by atoms with Gasteiger partial charge in [0.1, 0.15) is 6.61 Å². The van der Waals surface area contributed by atoms with Crippen molar-refractivity contribution in [1.29, 1.82) is 0 Å². The lowest BCUT2D eigenvalue weighted by Gasteiger charge is -2.07. The number of carbonyl (C=O) groups excluding carboxylic acids is 1. The van der Waals surface area contributed by atoms with Gasteiger partial charge in [-0.3, -0.25) is 4.79 Å². The molecule has 0 aromatic heterocycles. The Morgan fingerprint density at radius 1 is 1.70 bits per heavy atom. The lowest BCUT2D eigenvalue weighted by molar-refractivity contribution is -0.119. The molecule has 2 aliphatic heterocycles. The van der Waals surface area contributed by atoms with E-state index in [2.05, 4.69) is 5.32 Å². The second-order valence-corrected chi connectivity index (χ2v) is 3.20. The average Bonchev–Trinajstić information content (AvgIpc) is 2.41. The number of halogens is 1. The van der Waals surface area contributed by atoms with Gasteiger partial charge in [0.25, 0.3) is 0 Å². The Balaban J connectivity index is 2.16. The molecule has 0 saturated carbocycles. The number of fused-ring (bicyclic) bond motifs is 1. The van der Waals surface area contributed by atoms with Crippen LogP contribution in [0.4, 0.5) is 0 Å². The highest BCUT2D eigenvalue weighted by atomic mass is 35.5. The van der Waals surface area contributed by atoms with E-state index in [0.29, 0.717) is 6.54 Å². The van der Waals surface area contributed by atoms with Crippen molar-refractivity contribution in [2.24, 2.45) is 0 Å². The van der Waals surface area contributed by atoms with Gasteiger partial charge in [0.15, 0.2) is 5.78 Å². The van der Waals surface area contributed by atoms with Crippen LogP contribution in [-0.4, -0.2) is 36.5 Å². The zero-order chi connectivity index (χ0) is 7.14. The van der Waals surface area contributed by atoms with Gasteiger partial charge < -0.3 is 10.1 Å². The number of alkyl halides is 1. The molecule has 10 heavy (non-hydrogen) atoms. The number of hydrogen-bond donors (Lipinski definition) is 1. The molecule has 3 nitrogen and oxygen atoms in total.